The van der Waals surface area contributed by atoms with Crippen molar-refractivity contribution >= 4 is 0 Å². The number of halogens is 1. The van der Waals surface area contributed by atoms with E-state index in [9.17, 15) is 14.6 Å². The molecule has 5 heteroatoms. The lowest BCUT2D eigenvalue weighted by Crippen LogP contribution is -2.24. The first-order valence-electron chi connectivity index (χ1n) is 6.98. The molecule has 2 rings (SSSR count). The first-order chi connectivity index (χ1) is 10.5. The van der Waals surface area contributed by atoms with E-state index < -0.39 is 11.9 Å². The number of methoxy groups -OCH3 is 1. The van der Waals surface area contributed by atoms with Gasteiger partial charge in [0.05, 0.1) is 13.2 Å². The lowest BCUT2D eigenvalue weighted by Gasteiger charge is -2.21. The van der Waals surface area contributed by atoms with Gasteiger partial charge in [0.1, 0.15) is 5.82 Å². The molecule has 0 saturated carbocycles. The Bertz CT molecular complexity index is 633. The van der Waals surface area contributed by atoms with Crippen molar-refractivity contribution in [2.75, 3.05) is 20.7 Å². The fourth-order valence-corrected chi connectivity index (χ4v) is 2.35. The van der Waals surface area contributed by atoms with E-state index in [1.807, 2.05) is 18.0 Å². The van der Waals surface area contributed by atoms with Crippen LogP contribution in [0.2, 0.25) is 0 Å². The summed E-state index contributed by atoms with van der Waals surface area (Å²) in [6, 6.07) is 11.3. The van der Waals surface area contributed by atoms with Crippen molar-refractivity contribution in [2.24, 2.45) is 0 Å². The van der Waals surface area contributed by atoms with Crippen LogP contribution < -0.4 is 4.74 Å². The molecule has 0 radical (unpaired) electrons. The molecule has 118 valence electrons. The van der Waals surface area contributed by atoms with Gasteiger partial charge in [-0.15, -0.1) is 0 Å². The van der Waals surface area contributed by atoms with Crippen LogP contribution in [-0.2, 0) is 6.54 Å². The maximum absolute atomic E-state index is 13.6. The smallest absolute Gasteiger partial charge is 0.160 e. The molecule has 1 unspecified atom stereocenters. The Morgan fingerprint density at radius 3 is 2.59 bits per heavy atom. The third-order valence-corrected chi connectivity index (χ3v) is 3.44. The van der Waals surface area contributed by atoms with E-state index in [2.05, 4.69) is 0 Å². The van der Waals surface area contributed by atoms with E-state index in [1.54, 1.807) is 30.3 Å². The van der Waals surface area contributed by atoms with Crippen molar-refractivity contribution in [3.8, 4) is 11.5 Å². The minimum Gasteiger partial charge on any atom is -0.504 e. The van der Waals surface area contributed by atoms with Crippen LogP contribution in [0.4, 0.5) is 4.39 Å². The van der Waals surface area contributed by atoms with Crippen LogP contribution in [0, 0.1) is 5.82 Å². The molecule has 4 nitrogen and oxygen atoms in total. The Hall–Kier alpha value is -2.11. The van der Waals surface area contributed by atoms with E-state index in [1.165, 1.54) is 13.2 Å². The van der Waals surface area contributed by atoms with Gasteiger partial charge in [-0.05, 0) is 30.8 Å². The van der Waals surface area contributed by atoms with Crippen molar-refractivity contribution in [1.82, 2.24) is 4.90 Å². The molecule has 0 aromatic heterocycles. The summed E-state index contributed by atoms with van der Waals surface area (Å²) in [6.45, 7) is 0.802. The Labute approximate surface area is 129 Å². The quantitative estimate of drug-likeness (QED) is 0.861. The summed E-state index contributed by atoms with van der Waals surface area (Å²) in [5.41, 5.74) is 1.16. The highest BCUT2D eigenvalue weighted by Gasteiger charge is 2.15. The molecular weight excluding hydrogens is 285 g/mol. The Morgan fingerprint density at radius 2 is 1.95 bits per heavy atom. The minimum absolute atomic E-state index is 0.0723. The van der Waals surface area contributed by atoms with Gasteiger partial charge >= 0.3 is 0 Å². The molecule has 0 aliphatic rings. The molecule has 0 aliphatic heterocycles. The number of aliphatic hydroxyl groups is 1. The molecule has 0 spiro atoms. The highest BCUT2D eigenvalue weighted by molar-refractivity contribution is 5.41. The Balaban J connectivity index is 1.99. The largest absolute Gasteiger partial charge is 0.504 e. The lowest BCUT2D eigenvalue weighted by atomic mass is 10.1. The number of nitrogens with zero attached hydrogens (tertiary/aromatic N) is 1. The predicted octanol–water partition coefficient (Wildman–Crippen LogP) is 2.71. The summed E-state index contributed by atoms with van der Waals surface area (Å²) < 4.78 is 18.6. The zero-order chi connectivity index (χ0) is 16.1. The second kappa shape index (κ2) is 7.24. The zero-order valence-electron chi connectivity index (χ0n) is 12.7. The minimum atomic E-state index is -0.905. The number of hydrogen-bond acceptors (Lipinski definition) is 4. The first kappa shape index (κ1) is 16.3. The number of likely N-dealkylation sites (N-methyl/N-ethyl adjacent to an activating group) is 1. The van der Waals surface area contributed by atoms with Gasteiger partial charge in [-0.25, -0.2) is 4.39 Å². The van der Waals surface area contributed by atoms with Crippen molar-refractivity contribution in [3.63, 3.8) is 0 Å². The zero-order valence-corrected chi connectivity index (χ0v) is 12.7. The number of hydrogen-bond donors (Lipinski definition) is 2. The number of ether oxygens (including phenoxy) is 1. The molecule has 22 heavy (non-hydrogen) atoms. The predicted molar refractivity (Wildman–Crippen MR) is 82.4 cm³/mol. The summed E-state index contributed by atoms with van der Waals surface area (Å²) in [5.74, 6) is 0.0753. The summed E-state index contributed by atoms with van der Waals surface area (Å²) >= 11 is 0. The number of aliphatic hydroxyl groups excluding tert-OH is 1. The van der Waals surface area contributed by atoms with Gasteiger partial charge in [0.25, 0.3) is 0 Å². The van der Waals surface area contributed by atoms with E-state index in [0.29, 0.717) is 12.3 Å². The van der Waals surface area contributed by atoms with Crippen LogP contribution in [-0.4, -0.2) is 35.8 Å². The maximum Gasteiger partial charge on any atom is 0.160 e. The fourth-order valence-electron chi connectivity index (χ4n) is 2.35. The number of benzene rings is 2. The summed E-state index contributed by atoms with van der Waals surface area (Å²) in [6.07, 6.45) is -0.905. The fraction of sp³-hybridized carbons (Fsp3) is 0.294. The Morgan fingerprint density at radius 1 is 1.23 bits per heavy atom. The van der Waals surface area contributed by atoms with E-state index in [-0.39, 0.29) is 17.9 Å². The SMILES string of the molecule is COc1ccc(CN(C)CC(O)c2ccccc2F)cc1O. The van der Waals surface area contributed by atoms with Crippen LogP contribution in [0.1, 0.15) is 17.2 Å². The molecule has 2 N–H and O–H groups in total. The van der Waals surface area contributed by atoms with Gasteiger partial charge in [-0.2, -0.15) is 0 Å². The van der Waals surface area contributed by atoms with Gasteiger partial charge in [0, 0.05) is 18.7 Å². The molecule has 0 bridgehead atoms. The number of phenols is 1. The Kier molecular flexibility index (Phi) is 5.35. The van der Waals surface area contributed by atoms with Crippen LogP contribution >= 0.6 is 0 Å². The van der Waals surface area contributed by atoms with Gasteiger partial charge in [-0.3, -0.25) is 4.90 Å². The molecule has 1 atom stereocenters. The maximum atomic E-state index is 13.6. The first-order valence-corrected chi connectivity index (χ1v) is 6.98. The lowest BCUT2D eigenvalue weighted by molar-refractivity contribution is 0.120. The van der Waals surface area contributed by atoms with Gasteiger partial charge in [0.2, 0.25) is 0 Å². The monoisotopic (exact) mass is 305 g/mol. The second-order valence-electron chi connectivity index (χ2n) is 5.24. The van der Waals surface area contributed by atoms with Crippen LogP contribution in [0.5, 0.6) is 11.5 Å². The van der Waals surface area contributed by atoms with Crippen molar-refractivity contribution in [2.45, 2.75) is 12.6 Å². The standard InChI is InChI=1S/C17H20FNO3/c1-19(10-12-7-8-17(22-2)15(20)9-12)11-16(21)13-5-3-4-6-14(13)18/h3-9,16,20-21H,10-11H2,1-2H3. The van der Waals surface area contributed by atoms with Gasteiger partial charge in [-0.1, -0.05) is 24.3 Å². The van der Waals surface area contributed by atoms with Crippen molar-refractivity contribution in [1.29, 1.82) is 0 Å². The molecule has 0 heterocycles. The average molecular weight is 305 g/mol. The molecule has 0 saturated heterocycles. The van der Waals surface area contributed by atoms with Crippen LogP contribution in [0.3, 0.4) is 0 Å². The molecule has 2 aromatic rings. The molecule has 2 aromatic carbocycles. The molecule has 0 aliphatic carbocycles. The van der Waals surface area contributed by atoms with Gasteiger partial charge < -0.3 is 14.9 Å². The van der Waals surface area contributed by atoms with E-state index in [4.69, 9.17) is 4.74 Å². The highest BCUT2D eigenvalue weighted by Crippen LogP contribution is 2.27. The normalized spacial score (nSPS) is 12.4. The third kappa shape index (κ3) is 3.96. The number of phenolic OH excluding ortho intramolecular Hbond substituents is 1. The van der Waals surface area contributed by atoms with Crippen molar-refractivity contribution in [3.05, 3.63) is 59.4 Å². The molecule has 0 fully saturated rings. The number of rotatable bonds is 6. The third-order valence-electron chi connectivity index (χ3n) is 3.44. The average Bonchev–Trinajstić information content (AvgIpc) is 2.47. The number of aromatic hydroxyl groups is 1. The van der Waals surface area contributed by atoms with Crippen molar-refractivity contribution < 1.29 is 19.3 Å². The summed E-state index contributed by atoms with van der Waals surface area (Å²) in [5, 5.41) is 19.9. The summed E-state index contributed by atoms with van der Waals surface area (Å²) in [7, 11) is 3.32. The highest BCUT2D eigenvalue weighted by atomic mass is 19.1. The van der Waals surface area contributed by atoms with Gasteiger partial charge in [0.15, 0.2) is 11.5 Å². The topological polar surface area (TPSA) is 52.9 Å². The van der Waals surface area contributed by atoms with Crippen LogP contribution in [0.25, 0.3) is 0 Å². The van der Waals surface area contributed by atoms with E-state index >= 15 is 0 Å². The van der Waals surface area contributed by atoms with Crippen LogP contribution in [0.15, 0.2) is 42.5 Å². The molecule has 0 amide bonds. The summed E-state index contributed by atoms with van der Waals surface area (Å²) in [4.78, 5) is 1.86. The molecular formula is C17H20FNO3. The van der Waals surface area contributed by atoms with E-state index in [0.717, 1.165) is 5.56 Å². The second-order valence-corrected chi connectivity index (χ2v) is 5.24.